The molecule has 2 rings (SSSR count). The van der Waals surface area contributed by atoms with Crippen LogP contribution in [0.15, 0.2) is 39.9 Å². The van der Waals surface area contributed by atoms with Crippen LogP contribution in [0.1, 0.15) is 15.9 Å². The molecule has 0 bridgehead atoms. The van der Waals surface area contributed by atoms with Gasteiger partial charge in [0.15, 0.2) is 13.2 Å². The van der Waals surface area contributed by atoms with Crippen LogP contribution in [0.25, 0.3) is 6.08 Å². The molecule has 29 heavy (non-hydrogen) atoms. The average molecular weight is 398 g/mol. The molecule has 2 N–H and O–H groups in total. The van der Waals surface area contributed by atoms with Crippen LogP contribution in [-0.4, -0.2) is 34.1 Å². The standard InChI is InChI=1S/C19H18N4O6/c1-22-17(21)16(18(26)23(2)19(22)27)14(24)11-29-15(25)8-5-12-3-6-13(7-4-12)28-10-9-20/h3-8H,10-11,21H2,1-2H3/b8-5+. The minimum atomic E-state index is -0.860. The van der Waals surface area contributed by atoms with Gasteiger partial charge in [-0.1, -0.05) is 12.1 Å². The molecule has 10 nitrogen and oxygen atoms in total. The molecule has 0 aliphatic heterocycles. The van der Waals surface area contributed by atoms with Crippen molar-refractivity contribution in [2.45, 2.75) is 0 Å². The molecule has 150 valence electrons. The molecule has 0 spiro atoms. The Hall–Kier alpha value is -4.13. The molecule has 0 aliphatic carbocycles. The Morgan fingerprint density at radius 3 is 2.45 bits per heavy atom. The molecular formula is C19H18N4O6. The molecule has 0 radical (unpaired) electrons. The van der Waals surface area contributed by atoms with E-state index in [9.17, 15) is 19.2 Å². The van der Waals surface area contributed by atoms with Gasteiger partial charge in [-0.3, -0.25) is 18.7 Å². The normalized spacial score (nSPS) is 10.5. The van der Waals surface area contributed by atoms with Gasteiger partial charge in [0.1, 0.15) is 23.2 Å². The summed E-state index contributed by atoms with van der Waals surface area (Å²) in [5.74, 6) is -1.41. The molecule has 0 amide bonds. The molecule has 1 aromatic heterocycles. The van der Waals surface area contributed by atoms with Crippen molar-refractivity contribution in [2.75, 3.05) is 18.9 Å². The number of rotatable bonds is 7. The van der Waals surface area contributed by atoms with Gasteiger partial charge in [-0.2, -0.15) is 5.26 Å². The van der Waals surface area contributed by atoms with Crippen LogP contribution in [0, 0.1) is 11.3 Å². The Morgan fingerprint density at radius 2 is 1.83 bits per heavy atom. The van der Waals surface area contributed by atoms with Gasteiger partial charge in [0, 0.05) is 20.2 Å². The molecular weight excluding hydrogens is 380 g/mol. The number of nitrogens with zero attached hydrogens (tertiary/aromatic N) is 3. The van der Waals surface area contributed by atoms with E-state index in [1.807, 2.05) is 6.07 Å². The Balaban J connectivity index is 2.02. The van der Waals surface area contributed by atoms with Gasteiger partial charge in [0.2, 0.25) is 5.78 Å². The van der Waals surface area contributed by atoms with E-state index in [0.717, 1.165) is 15.2 Å². The number of ketones is 1. The SMILES string of the molecule is Cn1c(N)c(C(=O)COC(=O)/C=C/c2ccc(OCC#N)cc2)c(=O)n(C)c1=O. The zero-order valence-corrected chi connectivity index (χ0v) is 15.7. The van der Waals surface area contributed by atoms with E-state index in [2.05, 4.69) is 0 Å². The van der Waals surface area contributed by atoms with Gasteiger partial charge < -0.3 is 15.2 Å². The van der Waals surface area contributed by atoms with Crippen LogP contribution in [0.4, 0.5) is 5.82 Å². The number of nitrogens with two attached hydrogens (primary N) is 1. The van der Waals surface area contributed by atoms with Gasteiger partial charge in [-0.05, 0) is 23.8 Å². The number of carbonyl (C=O) groups excluding carboxylic acids is 2. The Labute approximate surface area is 165 Å². The number of anilines is 1. The third kappa shape index (κ3) is 4.98. The second kappa shape index (κ2) is 9.18. The highest BCUT2D eigenvalue weighted by Crippen LogP contribution is 2.13. The van der Waals surface area contributed by atoms with Gasteiger partial charge in [-0.15, -0.1) is 0 Å². The topological polar surface area (TPSA) is 146 Å². The molecule has 1 heterocycles. The first-order valence-corrected chi connectivity index (χ1v) is 8.29. The van der Waals surface area contributed by atoms with E-state index in [1.165, 1.54) is 20.2 Å². The van der Waals surface area contributed by atoms with Crippen molar-refractivity contribution in [3.8, 4) is 11.8 Å². The van der Waals surface area contributed by atoms with Crippen molar-refractivity contribution in [1.29, 1.82) is 5.26 Å². The summed E-state index contributed by atoms with van der Waals surface area (Å²) in [6, 6.07) is 8.44. The highest BCUT2D eigenvalue weighted by atomic mass is 16.5. The van der Waals surface area contributed by atoms with E-state index in [-0.39, 0.29) is 12.4 Å². The van der Waals surface area contributed by atoms with Crippen LogP contribution in [0.3, 0.4) is 0 Å². The fraction of sp³-hybridized carbons (Fsp3) is 0.211. The largest absolute Gasteiger partial charge is 0.479 e. The van der Waals surface area contributed by atoms with E-state index in [4.69, 9.17) is 20.5 Å². The predicted molar refractivity (Wildman–Crippen MR) is 103 cm³/mol. The maximum absolute atomic E-state index is 12.3. The number of carbonyl (C=O) groups is 2. The number of ether oxygens (including phenoxy) is 2. The third-order valence-corrected chi connectivity index (χ3v) is 3.93. The Morgan fingerprint density at radius 1 is 1.17 bits per heavy atom. The molecule has 0 saturated heterocycles. The number of hydrogen-bond donors (Lipinski definition) is 1. The zero-order chi connectivity index (χ0) is 21.6. The number of nitriles is 1. The summed E-state index contributed by atoms with van der Waals surface area (Å²) < 4.78 is 11.7. The summed E-state index contributed by atoms with van der Waals surface area (Å²) in [5.41, 5.74) is 4.39. The number of hydrogen-bond acceptors (Lipinski definition) is 8. The number of aromatic nitrogens is 2. The summed E-state index contributed by atoms with van der Waals surface area (Å²) in [4.78, 5) is 48.0. The van der Waals surface area contributed by atoms with Crippen LogP contribution in [0.2, 0.25) is 0 Å². The van der Waals surface area contributed by atoms with Crippen molar-refractivity contribution in [1.82, 2.24) is 9.13 Å². The number of Topliss-reactive ketones (excluding diaryl/α,β-unsaturated/α-hetero) is 1. The zero-order valence-electron chi connectivity index (χ0n) is 15.7. The lowest BCUT2D eigenvalue weighted by Crippen LogP contribution is -2.42. The highest BCUT2D eigenvalue weighted by Gasteiger charge is 2.21. The van der Waals surface area contributed by atoms with E-state index in [1.54, 1.807) is 24.3 Å². The smallest absolute Gasteiger partial charge is 0.332 e. The van der Waals surface area contributed by atoms with Gasteiger partial charge in [0.25, 0.3) is 5.56 Å². The minimum absolute atomic E-state index is 0.0707. The van der Waals surface area contributed by atoms with E-state index >= 15 is 0 Å². The Bertz CT molecular complexity index is 1120. The first kappa shape index (κ1) is 21.2. The molecule has 0 unspecified atom stereocenters. The maximum Gasteiger partial charge on any atom is 0.332 e. The lowest BCUT2D eigenvalue weighted by Gasteiger charge is -2.10. The average Bonchev–Trinajstić information content (AvgIpc) is 2.72. The summed E-state index contributed by atoms with van der Waals surface area (Å²) in [6.07, 6.45) is 2.57. The molecule has 0 fully saturated rings. The predicted octanol–water partition coefficient (Wildman–Crippen LogP) is 0.00788. The van der Waals surface area contributed by atoms with Crippen molar-refractivity contribution < 1.29 is 19.1 Å². The fourth-order valence-corrected chi connectivity index (χ4v) is 2.33. The van der Waals surface area contributed by atoms with E-state index in [0.29, 0.717) is 11.3 Å². The lowest BCUT2D eigenvalue weighted by atomic mass is 10.2. The van der Waals surface area contributed by atoms with Crippen molar-refractivity contribution in [3.63, 3.8) is 0 Å². The van der Waals surface area contributed by atoms with Crippen LogP contribution < -0.4 is 21.7 Å². The third-order valence-electron chi connectivity index (χ3n) is 3.93. The summed E-state index contributed by atoms with van der Waals surface area (Å²) in [6.45, 7) is -0.777. The molecule has 0 aliphatic rings. The van der Waals surface area contributed by atoms with Crippen molar-refractivity contribution in [3.05, 3.63) is 62.3 Å². The Kier molecular flexibility index (Phi) is 6.71. The lowest BCUT2D eigenvalue weighted by molar-refractivity contribution is -0.136. The first-order chi connectivity index (χ1) is 13.8. The van der Waals surface area contributed by atoms with Crippen LogP contribution in [-0.2, 0) is 23.6 Å². The summed E-state index contributed by atoms with van der Waals surface area (Å²) >= 11 is 0. The van der Waals surface area contributed by atoms with Crippen LogP contribution in [0.5, 0.6) is 5.75 Å². The minimum Gasteiger partial charge on any atom is -0.479 e. The molecule has 0 saturated carbocycles. The highest BCUT2D eigenvalue weighted by molar-refractivity contribution is 6.01. The number of nitrogen functional groups attached to an aromatic ring is 1. The van der Waals surface area contributed by atoms with Gasteiger partial charge in [0.05, 0.1) is 0 Å². The molecule has 0 atom stereocenters. The quantitative estimate of drug-likeness (QED) is 0.390. The second-order valence-electron chi connectivity index (χ2n) is 5.85. The summed E-state index contributed by atoms with van der Waals surface area (Å²) in [5, 5.41) is 8.46. The molecule has 1 aromatic carbocycles. The fourth-order valence-electron chi connectivity index (χ4n) is 2.33. The van der Waals surface area contributed by atoms with Crippen molar-refractivity contribution >= 4 is 23.6 Å². The van der Waals surface area contributed by atoms with Gasteiger partial charge in [-0.25, -0.2) is 9.59 Å². The number of esters is 1. The van der Waals surface area contributed by atoms with Crippen LogP contribution >= 0.6 is 0 Å². The molecule has 2 aromatic rings. The monoisotopic (exact) mass is 398 g/mol. The maximum atomic E-state index is 12.3. The first-order valence-electron chi connectivity index (χ1n) is 8.29. The van der Waals surface area contributed by atoms with Gasteiger partial charge >= 0.3 is 11.7 Å². The number of benzene rings is 1. The summed E-state index contributed by atoms with van der Waals surface area (Å²) in [7, 11) is 2.53. The second-order valence-corrected chi connectivity index (χ2v) is 5.85. The molecule has 10 heteroatoms. The van der Waals surface area contributed by atoms with Crippen molar-refractivity contribution in [2.24, 2.45) is 14.1 Å². The van der Waals surface area contributed by atoms with E-state index < -0.39 is 35.2 Å².